The summed E-state index contributed by atoms with van der Waals surface area (Å²) >= 11 is 0. The van der Waals surface area contributed by atoms with E-state index in [0.717, 1.165) is 22.7 Å². The first-order valence-corrected chi connectivity index (χ1v) is 6.18. The highest BCUT2D eigenvalue weighted by atomic mass is 16.5. The second-order valence-corrected chi connectivity index (χ2v) is 4.33. The van der Waals surface area contributed by atoms with Gasteiger partial charge >= 0.3 is 0 Å². The van der Waals surface area contributed by atoms with E-state index >= 15 is 0 Å². The summed E-state index contributed by atoms with van der Waals surface area (Å²) in [7, 11) is 1.90. The number of aromatic nitrogens is 5. The normalized spacial score (nSPS) is 11.1. The highest BCUT2D eigenvalue weighted by Gasteiger charge is 2.11. The molecule has 0 spiro atoms. The van der Waals surface area contributed by atoms with E-state index in [4.69, 9.17) is 4.74 Å². The lowest BCUT2D eigenvalue weighted by atomic mass is 10.3. The van der Waals surface area contributed by atoms with Crippen molar-refractivity contribution in [2.45, 2.75) is 13.8 Å². The van der Waals surface area contributed by atoms with Crippen LogP contribution in [-0.4, -0.2) is 31.3 Å². The van der Waals surface area contributed by atoms with Gasteiger partial charge in [-0.3, -0.25) is 4.68 Å². The van der Waals surface area contributed by atoms with Gasteiger partial charge in [0, 0.05) is 13.1 Å². The van der Waals surface area contributed by atoms with E-state index in [9.17, 15) is 0 Å². The molecule has 3 aromatic heterocycles. The molecular formula is C13H15N5O. The van der Waals surface area contributed by atoms with E-state index in [1.54, 1.807) is 4.68 Å². The maximum absolute atomic E-state index is 5.37. The molecule has 6 nitrogen and oxygen atoms in total. The fourth-order valence-electron chi connectivity index (χ4n) is 2.06. The van der Waals surface area contributed by atoms with Crippen LogP contribution in [0.25, 0.3) is 22.7 Å². The van der Waals surface area contributed by atoms with Gasteiger partial charge in [0.1, 0.15) is 5.69 Å². The number of rotatable bonds is 3. The number of ether oxygens (including phenoxy) is 1. The van der Waals surface area contributed by atoms with Gasteiger partial charge in [-0.1, -0.05) is 0 Å². The Hall–Kier alpha value is -2.37. The van der Waals surface area contributed by atoms with E-state index < -0.39 is 0 Å². The molecule has 0 unspecified atom stereocenters. The average molecular weight is 257 g/mol. The minimum Gasteiger partial charge on any atom is -0.478 e. The lowest BCUT2D eigenvalue weighted by Gasteiger charge is -1.99. The molecule has 3 rings (SSSR count). The molecular weight excluding hydrogens is 242 g/mol. The van der Waals surface area contributed by atoms with Gasteiger partial charge < -0.3 is 9.72 Å². The van der Waals surface area contributed by atoms with E-state index in [1.165, 1.54) is 0 Å². The molecule has 19 heavy (non-hydrogen) atoms. The summed E-state index contributed by atoms with van der Waals surface area (Å²) in [5.41, 5.74) is 3.44. The summed E-state index contributed by atoms with van der Waals surface area (Å²) in [5, 5.41) is 4.32. The van der Waals surface area contributed by atoms with Gasteiger partial charge in [0.05, 0.1) is 17.8 Å². The molecule has 6 heteroatoms. The summed E-state index contributed by atoms with van der Waals surface area (Å²) in [6.45, 7) is 4.48. The van der Waals surface area contributed by atoms with Gasteiger partial charge in [0.25, 0.3) is 0 Å². The Kier molecular flexibility index (Phi) is 2.70. The lowest BCUT2D eigenvalue weighted by molar-refractivity contribution is 0.328. The number of imidazole rings is 1. The molecule has 3 aromatic rings. The minimum absolute atomic E-state index is 0.592. The number of H-pyrrole nitrogens is 1. The zero-order valence-corrected chi connectivity index (χ0v) is 11.1. The standard InChI is InChI=1S/C13H15N5O/c1-4-19-11-6-5-9-12(15-11)16-13(14-9)10-7-8(2)17-18(10)3/h5-7H,4H2,1-3H3,(H,14,15,16). The third kappa shape index (κ3) is 2.05. The van der Waals surface area contributed by atoms with Crippen LogP contribution in [0.4, 0.5) is 0 Å². The van der Waals surface area contributed by atoms with Crippen LogP contribution >= 0.6 is 0 Å². The van der Waals surface area contributed by atoms with Crippen LogP contribution < -0.4 is 4.74 Å². The lowest BCUT2D eigenvalue weighted by Crippen LogP contribution is -1.95. The van der Waals surface area contributed by atoms with Crippen molar-refractivity contribution in [3.05, 3.63) is 23.9 Å². The maximum Gasteiger partial charge on any atom is 0.215 e. The SMILES string of the molecule is CCOc1ccc2[nH]c(-c3cc(C)nn3C)nc2n1. The van der Waals surface area contributed by atoms with Crippen molar-refractivity contribution in [3.63, 3.8) is 0 Å². The first-order valence-electron chi connectivity index (χ1n) is 6.18. The number of aryl methyl sites for hydroxylation is 2. The summed E-state index contributed by atoms with van der Waals surface area (Å²) in [4.78, 5) is 12.1. The number of hydrogen-bond acceptors (Lipinski definition) is 4. The van der Waals surface area contributed by atoms with Crippen molar-refractivity contribution < 1.29 is 4.74 Å². The van der Waals surface area contributed by atoms with Gasteiger partial charge in [0.15, 0.2) is 11.5 Å². The molecule has 0 saturated heterocycles. The molecule has 0 aliphatic heterocycles. The molecule has 0 radical (unpaired) electrons. The fraction of sp³-hybridized carbons (Fsp3) is 0.308. The van der Waals surface area contributed by atoms with Gasteiger partial charge in [-0.05, 0) is 26.0 Å². The van der Waals surface area contributed by atoms with E-state index in [-0.39, 0.29) is 0 Å². The minimum atomic E-state index is 0.592. The van der Waals surface area contributed by atoms with Gasteiger partial charge in [-0.15, -0.1) is 0 Å². The Morgan fingerprint density at radius 2 is 2.16 bits per heavy atom. The third-order valence-electron chi connectivity index (χ3n) is 2.86. The van der Waals surface area contributed by atoms with Crippen molar-refractivity contribution in [2.24, 2.45) is 7.05 Å². The van der Waals surface area contributed by atoms with Gasteiger partial charge in [0.2, 0.25) is 5.88 Å². The second-order valence-electron chi connectivity index (χ2n) is 4.33. The highest BCUT2D eigenvalue weighted by Crippen LogP contribution is 2.21. The van der Waals surface area contributed by atoms with Crippen molar-refractivity contribution in [3.8, 4) is 17.4 Å². The number of nitrogens with one attached hydrogen (secondary N) is 1. The molecule has 98 valence electrons. The van der Waals surface area contributed by atoms with Crippen LogP contribution in [0.3, 0.4) is 0 Å². The van der Waals surface area contributed by atoms with Crippen LogP contribution in [0, 0.1) is 6.92 Å². The van der Waals surface area contributed by atoms with Crippen LogP contribution in [0.1, 0.15) is 12.6 Å². The molecule has 0 atom stereocenters. The quantitative estimate of drug-likeness (QED) is 0.779. The first kappa shape index (κ1) is 11.7. The Morgan fingerprint density at radius 1 is 1.32 bits per heavy atom. The van der Waals surface area contributed by atoms with Crippen molar-refractivity contribution >= 4 is 11.2 Å². The van der Waals surface area contributed by atoms with Crippen LogP contribution in [0.15, 0.2) is 18.2 Å². The molecule has 0 aromatic carbocycles. The van der Waals surface area contributed by atoms with Crippen molar-refractivity contribution in [1.82, 2.24) is 24.7 Å². The van der Waals surface area contributed by atoms with Crippen LogP contribution in [0.2, 0.25) is 0 Å². The molecule has 1 N–H and O–H groups in total. The third-order valence-corrected chi connectivity index (χ3v) is 2.86. The predicted octanol–water partition coefficient (Wildman–Crippen LogP) is 2.07. The molecule has 0 bridgehead atoms. The Balaban J connectivity index is 2.08. The Morgan fingerprint density at radius 3 is 2.84 bits per heavy atom. The average Bonchev–Trinajstić information content (AvgIpc) is 2.92. The number of nitrogens with zero attached hydrogens (tertiary/aromatic N) is 4. The Bertz CT molecular complexity index is 728. The van der Waals surface area contributed by atoms with Gasteiger partial charge in [-0.25, -0.2) is 4.98 Å². The van der Waals surface area contributed by atoms with E-state index in [0.29, 0.717) is 18.1 Å². The van der Waals surface area contributed by atoms with Crippen molar-refractivity contribution in [1.29, 1.82) is 0 Å². The van der Waals surface area contributed by atoms with E-state index in [1.807, 2.05) is 39.1 Å². The number of hydrogen-bond donors (Lipinski definition) is 1. The van der Waals surface area contributed by atoms with E-state index in [2.05, 4.69) is 20.1 Å². The monoisotopic (exact) mass is 257 g/mol. The topological polar surface area (TPSA) is 68.6 Å². The first-order chi connectivity index (χ1) is 9.17. The molecule has 0 aliphatic carbocycles. The van der Waals surface area contributed by atoms with Crippen LogP contribution in [-0.2, 0) is 7.05 Å². The summed E-state index contributed by atoms with van der Waals surface area (Å²) < 4.78 is 7.18. The largest absolute Gasteiger partial charge is 0.478 e. The van der Waals surface area contributed by atoms with Crippen LogP contribution in [0.5, 0.6) is 5.88 Å². The molecule has 3 heterocycles. The summed E-state index contributed by atoms with van der Waals surface area (Å²) in [5.74, 6) is 1.36. The fourth-order valence-corrected chi connectivity index (χ4v) is 2.06. The summed E-state index contributed by atoms with van der Waals surface area (Å²) in [6.07, 6.45) is 0. The molecule has 0 aliphatic rings. The number of pyridine rings is 1. The Labute approximate surface area is 110 Å². The zero-order valence-electron chi connectivity index (χ0n) is 11.1. The number of aromatic amines is 1. The molecule has 0 fully saturated rings. The molecule has 0 amide bonds. The van der Waals surface area contributed by atoms with Gasteiger partial charge in [-0.2, -0.15) is 10.1 Å². The number of fused-ring (bicyclic) bond motifs is 1. The smallest absolute Gasteiger partial charge is 0.215 e. The summed E-state index contributed by atoms with van der Waals surface area (Å²) in [6, 6.07) is 5.75. The van der Waals surface area contributed by atoms with Crippen molar-refractivity contribution in [2.75, 3.05) is 6.61 Å². The zero-order chi connectivity index (χ0) is 13.4. The maximum atomic E-state index is 5.37. The molecule has 0 saturated carbocycles. The predicted molar refractivity (Wildman–Crippen MR) is 72.0 cm³/mol. The highest BCUT2D eigenvalue weighted by molar-refractivity contribution is 5.75. The second kappa shape index (κ2) is 4.38.